The second kappa shape index (κ2) is 3.82. The van der Waals surface area contributed by atoms with Crippen LogP contribution in [0.1, 0.15) is 22.7 Å². The van der Waals surface area contributed by atoms with E-state index in [0.717, 1.165) is 0 Å². The topological polar surface area (TPSA) is 64.8 Å². The van der Waals surface area contributed by atoms with Crippen LogP contribution in [0.2, 0.25) is 0 Å². The van der Waals surface area contributed by atoms with Gasteiger partial charge < -0.3 is 18.8 Å². The van der Waals surface area contributed by atoms with Crippen LogP contribution >= 0.6 is 0 Å². The Morgan fingerprint density at radius 1 is 1.47 bits per heavy atom. The molecule has 1 amide bonds. The Kier molecular flexibility index (Phi) is 2.41. The van der Waals surface area contributed by atoms with Crippen molar-refractivity contribution in [3.05, 3.63) is 17.8 Å². The van der Waals surface area contributed by atoms with Crippen LogP contribution in [0.3, 0.4) is 0 Å². The van der Waals surface area contributed by atoms with Crippen LogP contribution < -0.4 is 0 Å². The molecule has 1 spiro atoms. The lowest BCUT2D eigenvalue weighted by Gasteiger charge is -2.21. The maximum Gasteiger partial charge on any atom is 0.291 e. The fourth-order valence-electron chi connectivity index (χ4n) is 2.31. The molecule has 0 aliphatic carbocycles. The van der Waals surface area contributed by atoms with E-state index in [1.165, 1.54) is 6.39 Å². The van der Waals surface area contributed by atoms with Crippen LogP contribution in [0.15, 0.2) is 10.8 Å². The fraction of sp³-hybridized carbons (Fsp3) is 0.636. The SMILES string of the molecule is Cc1ncoc1C(=O)N1CCC2(C1)OCCO2. The molecular weight excluding hydrogens is 224 g/mol. The van der Waals surface area contributed by atoms with E-state index < -0.39 is 5.79 Å². The summed E-state index contributed by atoms with van der Waals surface area (Å²) >= 11 is 0. The molecular formula is C11H14N2O4. The molecule has 3 heterocycles. The maximum absolute atomic E-state index is 12.1. The van der Waals surface area contributed by atoms with E-state index in [4.69, 9.17) is 13.9 Å². The van der Waals surface area contributed by atoms with Gasteiger partial charge in [-0.1, -0.05) is 0 Å². The largest absolute Gasteiger partial charge is 0.438 e. The molecule has 6 nitrogen and oxygen atoms in total. The van der Waals surface area contributed by atoms with Gasteiger partial charge in [0.2, 0.25) is 5.76 Å². The summed E-state index contributed by atoms with van der Waals surface area (Å²) in [6, 6.07) is 0. The molecule has 2 aliphatic rings. The number of aromatic nitrogens is 1. The first kappa shape index (κ1) is 10.7. The average Bonchev–Trinajstić information content (AvgIpc) is 3.02. The normalized spacial score (nSPS) is 22.5. The van der Waals surface area contributed by atoms with Crippen molar-refractivity contribution in [3.63, 3.8) is 0 Å². The summed E-state index contributed by atoms with van der Waals surface area (Å²) in [6.07, 6.45) is 2.00. The van der Waals surface area contributed by atoms with Crippen molar-refractivity contribution in [1.82, 2.24) is 9.88 Å². The number of nitrogens with zero attached hydrogens (tertiary/aromatic N) is 2. The van der Waals surface area contributed by atoms with Crippen molar-refractivity contribution in [2.24, 2.45) is 0 Å². The third-order valence-electron chi connectivity index (χ3n) is 3.23. The number of carbonyl (C=O) groups excluding carboxylic acids is 1. The van der Waals surface area contributed by atoms with Crippen molar-refractivity contribution in [2.75, 3.05) is 26.3 Å². The van der Waals surface area contributed by atoms with Crippen molar-refractivity contribution < 1.29 is 18.7 Å². The standard InChI is InChI=1S/C11H14N2O4/c1-8-9(15-7-12-8)10(14)13-3-2-11(6-13)16-4-5-17-11/h7H,2-6H2,1H3. The highest BCUT2D eigenvalue weighted by Crippen LogP contribution is 2.31. The number of oxazole rings is 1. The molecule has 3 rings (SSSR count). The lowest BCUT2D eigenvalue weighted by molar-refractivity contribution is -0.143. The van der Waals surface area contributed by atoms with Crippen LogP contribution in [0.25, 0.3) is 0 Å². The molecule has 17 heavy (non-hydrogen) atoms. The van der Waals surface area contributed by atoms with Crippen LogP contribution in [0, 0.1) is 6.92 Å². The number of hydrogen-bond donors (Lipinski definition) is 0. The second-order valence-corrected chi connectivity index (χ2v) is 4.35. The second-order valence-electron chi connectivity index (χ2n) is 4.35. The number of amides is 1. The third kappa shape index (κ3) is 1.73. The molecule has 92 valence electrons. The van der Waals surface area contributed by atoms with Gasteiger partial charge in [0.1, 0.15) is 0 Å². The lowest BCUT2D eigenvalue weighted by Crippen LogP contribution is -2.37. The molecule has 0 bridgehead atoms. The molecule has 0 unspecified atom stereocenters. The Bertz CT molecular complexity index is 436. The van der Waals surface area contributed by atoms with Crippen LogP contribution in [-0.2, 0) is 9.47 Å². The molecule has 1 aromatic rings. The van der Waals surface area contributed by atoms with Gasteiger partial charge in [-0.25, -0.2) is 4.98 Å². The number of ether oxygens (including phenoxy) is 2. The molecule has 0 radical (unpaired) electrons. The quantitative estimate of drug-likeness (QED) is 0.715. The van der Waals surface area contributed by atoms with Gasteiger partial charge in [0.15, 0.2) is 12.2 Å². The summed E-state index contributed by atoms with van der Waals surface area (Å²) < 4.78 is 16.2. The molecule has 1 aromatic heterocycles. The van der Waals surface area contributed by atoms with Crippen molar-refractivity contribution in [1.29, 1.82) is 0 Å². The first-order valence-corrected chi connectivity index (χ1v) is 5.67. The van der Waals surface area contributed by atoms with Gasteiger partial charge in [-0.15, -0.1) is 0 Å². The monoisotopic (exact) mass is 238 g/mol. The highest BCUT2D eigenvalue weighted by Gasteiger charge is 2.45. The Morgan fingerprint density at radius 3 is 2.88 bits per heavy atom. The highest BCUT2D eigenvalue weighted by atomic mass is 16.7. The van der Waals surface area contributed by atoms with E-state index in [1.807, 2.05) is 0 Å². The minimum absolute atomic E-state index is 0.143. The Labute approximate surface area is 98.5 Å². The zero-order valence-electron chi connectivity index (χ0n) is 9.64. The summed E-state index contributed by atoms with van der Waals surface area (Å²) in [5.74, 6) is -0.417. The molecule has 0 aromatic carbocycles. The van der Waals surface area contributed by atoms with Crippen LogP contribution in [-0.4, -0.2) is 47.9 Å². The molecule has 2 fully saturated rings. The minimum Gasteiger partial charge on any atom is -0.438 e. The average molecular weight is 238 g/mol. The van der Waals surface area contributed by atoms with Crippen LogP contribution in [0.4, 0.5) is 0 Å². The highest BCUT2D eigenvalue weighted by molar-refractivity contribution is 5.92. The predicted octanol–water partition coefficient (Wildman–Crippen LogP) is 0.572. The minimum atomic E-state index is -0.580. The van der Waals surface area contributed by atoms with E-state index >= 15 is 0 Å². The van der Waals surface area contributed by atoms with Gasteiger partial charge in [0.25, 0.3) is 5.91 Å². The van der Waals surface area contributed by atoms with Crippen molar-refractivity contribution >= 4 is 5.91 Å². The Balaban J connectivity index is 1.75. The zero-order valence-corrected chi connectivity index (χ0v) is 9.64. The summed E-state index contributed by atoms with van der Waals surface area (Å²) in [5.41, 5.74) is 0.615. The van der Waals surface area contributed by atoms with Gasteiger partial charge in [0, 0.05) is 13.0 Å². The summed E-state index contributed by atoms with van der Waals surface area (Å²) in [5, 5.41) is 0. The van der Waals surface area contributed by atoms with E-state index in [1.54, 1.807) is 11.8 Å². The fourth-order valence-corrected chi connectivity index (χ4v) is 2.31. The van der Waals surface area contributed by atoms with Gasteiger partial charge in [-0.3, -0.25) is 4.79 Å². The predicted molar refractivity (Wildman–Crippen MR) is 56.4 cm³/mol. The van der Waals surface area contributed by atoms with E-state index in [-0.39, 0.29) is 5.91 Å². The van der Waals surface area contributed by atoms with Gasteiger partial charge in [-0.05, 0) is 6.92 Å². The van der Waals surface area contributed by atoms with Crippen molar-refractivity contribution in [2.45, 2.75) is 19.1 Å². The number of carbonyl (C=O) groups is 1. The first-order chi connectivity index (χ1) is 8.20. The Hall–Kier alpha value is -1.40. The third-order valence-corrected chi connectivity index (χ3v) is 3.23. The van der Waals surface area contributed by atoms with E-state index in [0.29, 0.717) is 44.2 Å². The van der Waals surface area contributed by atoms with Gasteiger partial charge >= 0.3 is 0 Å². The summed E-state index contributed by atoms with van der Waals surface area (Å²) in [4.78, 5) is 17.8. The maximum atomic E-state index is 12.1. The number of likely N-dealkylation sites (tertiary alicyclic amines) is 1. The number of hydrogen-bond acceptors (Lipinski definition) is 5. The molecule has 6 heteroatoms. The van der Waals surface area contributed by atoms with E-state index in [2.05, 4.69) is 4.98 Å². The molecule has 0 N–H and O–H groups in total. The smallest absolute Gasteiger partial charge is 0.291 e. The first-order valence-electron chi connectivity index (χ1n) is 5.67. The summed E-state index contributed by atoms with van der Waals surface area (Å²) in [7, 11) is 0. The molecule has 0 saturated carbocycles. The van der Waals surface area contributed by atoms with E-state index in [9.17, 15) is 4.79 Å². The van der Waals surface area contributed by atoms with Crippen molar-refractivity contribution in [3.8, 4) is 0 Å². The summed E-state index contributed by atoms with van der Waals surface area (Å²) in [6.45, 7) is 4.04. The van der Waals surface area contributed by atoms with Crippen LogP contribution in [0.5, 0.6) is 0 Å². The zero-order chi connectivity index (χ0) is 11.9. The van der Waals surface area contributed by atoms with Gasteiger partial charge in [0.05, 0.1) is 25.5 Å². The number of rotatable bonds is 1. The Morgan fingerprint density at radius 2 is 2.24 bits per heavy atom. The molecule has 2 saturated heterocycles. The molecule has 2 aliphatic heterocycles. The van der Waals surface area contributed by atoms with Gasteiger partial charge in [-0.2, -0.15) is 0 Å². The number of aryl methyl sites for hydroxylation is 1. The molecule has 0 atom stereocenters. The lowest BCUT2D eigenvalue weighted by atomic mass is 10.2.